The van der Waals surface area contributed by atoms with E-state index in [1.165, 1.54) is 57.8 Å². The molecule has 0 aromatic rings. The maximum absolute atomic E-state index is 12.0. The highest BCUT2D eigenvalue weighted by Crippen LogP contribution is 2.11. The fourth-order valence-corrected chi connectivity index (χ4v) is 3.08. The van der Waals surface area contributed by atoms with Gasteiger partial charge < -0.3 is 5.11 Å². The van der Waals surface area contributed by atoms with Gasteiger partial charge >= 0.3 is 11.9 Å². The highest BCUT2D eigenvalue weighted by atomic mass is 16.4. The topological polar surface area (TPSA) is 54.4 Å². The molecule has 0 unspecified atom stereocenters. The van der Waals surface area contributed by atoms with Gasteiger partial charge in [0, 0.05) is 0 Å². The third-order valence-corrected chi connectivity index (χ3v) is 4.86. The number of carbonyl (C=O) groups excluding carboxylic acids is 1. The predicted molar refractivity (Wildman–Crippen MR) is 109 cm³/mol. The Morgan fingerprint density at radius 2 is 1.23 bits per heavy atom. The third-order valence-electron chi connectivity index (χ3n) is 4.86. The van der Waals surface area contributed by atoms with Crippen molar-refractivity contribution in [3.05, 3.63) is 12.2 Å². The lowest BCUT2D eigenvalue weighted by Crippen LogP contribution is -2.48. The van der Waals surface area contributed by atoms with Crippen molar-refractivity contribution in [1.29, 1.82) is 0 Å². The smallest absolute Gasteiger partial charge is 0.359 e. The van der Waals surface area contributed by atoms with Crippen LogP contribution < -0.4 is 0 Å². The Bertz CT molecular complexity index is 402. The Labute approximate surface area is 161 Å². The van der Waals surface area contributed by atoms with E-state index in [0.717, 1.165) is 25.7 Å². The highest BCUT2D eigenvalue weighted by Gasteiger charge is 2.28. The number of quaternary nitrogens is 1. The van der Waals surface area contributed by atoms with Crippen molar-refractivity contribution in [2.45, 2.75) is 96.8 Å². The first-order chi connectivity index (χ1) is 12.4. The van der Waals surface area contributed by atoms with Crippen molar-refractivity contribution in [3.63, 3.8) is 0 Å². The zero-order valence-corrected chi connectivity index (χ0v) is 17.5. The zero-order chi connectivity index (χ0) is 19.7. The molecule has 0 bridgehead atoms. The molecule has 0 aromatic heterocycles. The lowest BCUT2D eigenvalue weighted by atomic mass is 10.1. The van der Waals surface area contributed by atoms with Gasteiger partial charge in [0.25, 0.3) is 0 Å². The molecule has 0 atom stereocenters. The average molecular weight is 369 g/mol. The second-order valence-electron chi connectivity index (χ2n) is 7.96. The van der Waals surface area contributed by atoms with Crippen molar-refractivity contribution < 1.29 is 19.2 Å². The normalized spacial score (nSPS) is 12.0. The fourth-order valence-electron chi connectivity index (χ4n) is 3.08. The van der Waals surface area contributed by atoms with Crippen molar-refractivity contribution in [1.82, 2.24) is 0 Å². The molecule has 0 rings (SSSR count). The van der Waals surface area contributed by atoms with E-state index in [2.05, 4.69) is 19.1 Å². The maximum atomic E-state index is 12.0. The standard InChI is InChI=1S/C22H41NO3/c1-4-5-6-7-8-9-10-11-12-13-14-15-16-17-18-19-21(24)23(2,3)20-22(25)26/h11-12H,4-10,13-20H2,1-3H3/p+1/b12-11-. The second-order valence-corrected chi connectivity index (χ2v) is 7.96. The van der Waals surface area contributed by atoms with Crippen LogP contribution in [0.3, 0.4) is 0 Å². The van der Waals surface area contributed by atoms with Crippen LogP contribution in [0.25, 0.3) is 0 Å². The SMILES string of the molecule is CCCCCCCC/C=C\CCCCCCCC(=O)[N+](C)(C)CC(=O)O. The number of hydrogen-bond donors (Lipinski definition) is 1. The molecule has 0 fully saturated rings. The van der Waals surface area contributed by atoms with Gasteiger partial charge in [0.15, 0.2) is 6.54 Å². The van der Waals surface area contributed by atoms with Gasteiger partial charge in [-0.05, 0) is 32.1 Å². The molecule has 4 heteroatoms. The summed E-state index contributed by atoms with van der Waals surface area (Å²) in [6, 6.07) is 0. The largest absolute Gasteiger partial charge is 0.477 e. The Hall–Kier alpha value is -1.16. The highest BCUT2D eigenvalue weighted by molar-refractivity contribution is 5.74. The minimum Gasteiger partial charge on any atom is -0.477 e. The Morgan fingerprint density at radius 1 is 0.769 bits per heavy atom. The van der Waals surface area contributed by atoms with Gasteiger partial charge in [-0.3, -0.25) is 4.48 Å². The Kier molecular flexibility index (Phi) is 15.3. The van der Waals surface area contributed by atoms with Crippen molar-refractivity contribution in [2.24, 2.45) is 0 Å². The lowest BCUT2D eigenvalue weighted by molar-refractivity contribution is -0.806. The maximum Gasteiger partial charge on any atom is 0.359 e. The Morgan fingerprint density at radius 3 is 1.73 bits per heavy atom. The first kappa shape index (κ1) is 24.8. The number of aliphatic carboxylic acids is 1. The van der Waals surface area contributed by atoms with Crippen LogP contribution in [-0.2, 0) is 9.59 Å². The number of likely N-dealkylation sites (N-methyl/N-ethyl adjacent to an activating group) is 1. The molecule has 0 radical (unpaired) electrons. The molecule has 1 N–H and O–H groups in total. The summed E-state index contributed by atoms with van der Waals surface area (Å²) in [6.45, 7) is 2.12. The van der Waals surface area contributed by atoms with Gasteiger partial charge in [0.1, 0.15) is 0 Å². The summed E-state index contributed by atoms with van der Waals surface area (Å²) in [6.07, 6.45) is 21.2. The zero-order valence-electron chi connectivity index (χ0n) is 17.5. The fraction of sp³-hybridized carbons (Fsp3) is 0.818. The molecule has 0 heterocycles. The van der Waals surface area contributed by atoms with Crippen molar-refractivity contribution >= 4 is 11.9 Å². The number of carbonyl (C=O) groups is 2. The number of rotatable bonds is 17. The van der Waals surface area contributed by atoms with E-state index in [0.29, 0.717) is 6.42 Å². The number of hydrogen-bond acceptors (Lipinski definition) is 2. The molecule has 4 nitrogen and oxygen atoms in total. The second kappa shape index (κ2) is 16.0. The van der Waals surface area contributed by atoms with E-state index in [1.54, 1.807) is 14.1 Å². The van der Waals surface area contributed by atoms with E-state index in [9.17, 15) is 9.59 Å². The van der Waals surface area contributed by atoms with E-state index >= 15 is 0 Å². The number of unbranched alkanes of at least 4 members (excludes halogenated alkanes) is 11. The predicted octanol–water partition coefficient (Wildman–Crippen LogP) is 5.71. The minimum absolute atomic E-state index is 0.0185. The van der Waals surface area contributed by atoms with Gasteiger partial charge in [-0.1, -0.05) is 70.4 Å². The number of nitrogens with zero attached hydrogens (tertiary/aromatic N) is 1. The molecule has 0 spiro atoms. The van der Waals surface area contributed by atoms with E-state index in [4.69, 9.17) is 5.11 Å². The summed E-state index contributed by atoms with van der Waals surface area (Å²) in [4.78, 5) is 22.8. The first-order valence-corrected chi connectivity index (χ1v) is 10.6. The average Bonchev–Trinajstić information content (AvgIpc) is 2.57. The van der Waals surface area contributed by atoms with E-state index in [1.807, 2.05) is 0 Å². The monoisotopic (exact) mass is 368 g/mol. The molecule has 0 aliphatic carbocycles. The summed E-state index contributed by atoms with van der Waals surface area (Å²) < 4.78 is -0.0568. The summed E-state index contributed by atoms with van der Waals surface area (Å²) in [5.74, 6) is -0.905. The Balaban J connectivity index is 3.44. The third kappa shape index (κ3) is 15.1. The van der Waals surface area contributed by atoms with Gasteiger partial charge in [0.05, 0.1) is 20.5 Å². The number of amides is 1. The molecule has 26 heavy (non-hydrogen) atoms. The van der Waals surface area contributed by atoms with Crippen LogP contribution in [0.4, 0.5) is 0 Å². The van der Waals surface area contributed by atoms with Crippen LogP contribution in [-0.4, -0.2) is 42.1 Å². The van der Waals surface area contributed by atoms with Crippen molar-refractivity contribution in [2.75, 3.05) is 20.6 Å². The van der Waals surface area contributed by atoms with Gasteiger partial charge in [-0.2, -0.15) is 0 Å². The summed E-state index contributed by atoms with van der Waals surface area (Å²) in [5, 5.41) is 8.83. The van der Waals surface area contributed by atoms with Crippen LogP contribution in [0.1, 0.15) is 96.8 Å². The van der Waals surface area contributed by atoms with Crippen LogP contribution in [0.2, 0.25) is 0 Å². The molecule has 0 saturated carbocycles. The van der Waals surface area contributed by atoms with E-state index < -0.39 is 5.97 Å². The van der Waals surface area contributed by atoms with Gasteiger partial charge in [0.2, 0.25) is 0 Å². The van der Waals surface area contributed by atoms with Crippen molar-refractivity contribution in [3.8, 4) is 0 Å². The lowest BCUT2D eigenvalue weighted by Gasteiger charge is -2.24. The summed E-state index contributed by atoms with van der Waals surface area (Å²) in [5.41, 5.74) is 0. The molecule has 0 saturated heterocycles. The molecule has 152 valence electrons. The molecular weight excluding hydrogens is 326 g/mol. The number of carboxylic acid groups (broad SMARTS) is 1. The quantitative estimate of drug-likeness (QED) is 0.203. The van der Waals surface area contributed by atoms with Gasteiger partial charge in [-0.15, -0.1) is 0 Å². The molecule has 0 aromatic carbocycles. The van der Waals surface area contributed by atoms with E-state index in [-0.39, 0.29) is 16.9 Å². The minimum atomic E-state index is -0.923. The molecular formula is C22H42NO3+. The molecule has 0 aliphatic rings. The number of allylic oxidation sites excluding steroid dienone is 2. The summed E-state index contributed by atoms with van der Waals surface area (Å²) in [7, 11) is 3.35. The van der Waals surface area contributed by atoms with Gasteiger partial charge in [-0.25, -0.2) is 9.59 Å². The van der Waals surface area contributed by atoms with Crippen LogP contribution in [0.5, 0.6) is 0 Å². The summed E-state index contributed by atoms with van der Waals surface area (Å²) >= 11 is 0. The first-order valence-electron chi connectivity index (χ1n) is 10.6. The molecule has 0 aliphatic heterocycles. The van der Waals surface area contributed by atoms with Crippen LogP contribution >= 0.6 is 0 Å². The number of carboxylic acids is 1. The van der Waals surface area contributed by atoms with Crippen LogP contribution in [0, 0.1) is 0 Å². The molecule has 1 amide bonds. The van der Waals surface area contributed by atoms with Crippen LogP contribution in [0.15, 0.2) is 12.2 Å².